The average Bonchev–Trinajstić information content (AvgIpc) is 3.49. The molecule has 1 amide bonds. The number of aliphatic hydroxyl groups excluding tert-OH is 1. The maximum Gasteiger partial charge on any atom is 0.261 e. The van der Waals surface area contributed by atoms with E-state index in [-0.39, 0.29) is 52.9 Å². The van der Waals surface area contributed by atoms with Crippen LogP contribution in [0.5, 0.6) is 5.75 Å². The van der Waals surface area contributed by atoms with E-state index in [1.54, 1.807) is 42.8 Å². The van der Waals surface area contributed by atoms with Gasteiger partial charge in [-0.25, -0.2) is 21.8 Å². The lowest BCUT2D eigenvalue weighted by molar-refractivity contribution is -0.00835. The number of likely N-dealkylation sites (N-methyl/N-ethyl adjacent to an activating group) is 1. The second-order valence-electron chi connectivity index (χ2n) is 12.6. The molecule has 15 heteroatoms. The van der Waals surface area contributed by atoms with E-state index in [0.717, 1.165) is 12.0 Å². The molecular weight excluding hydrogens is 659 g/mol. The molecule has 0 saturated carbocycles. The van der Waals surface area contributed by atoms with Crippen LogP contribution < -0.4 is 9.46 Å². The van der Waals surface area contributed by atoms with Crippen molar-refractivity contribution < 1.29 is 36.2 Å². The zero-order valence-corrected chi connectivity index (χ0v) is 30.0. The van der Waals surface area contributed by atoms with E-state index in [9.17, 15) is 26.7 Å². The number of nitrogens with one attached hydrogen (secondary N) is 1. The van der Waals surface area contributed by atoms with Gasteiger partial charge in [0.15, 0.2) is 5.03 Å². The summed E-state index contributed by atoms with van der Waals surface area (Å²) in [5, 5.41) is 10.1. The third-order valence-corrected chi connectivity index (χ3v) is 11.5. The highest BCUT2D eigenvalue weighted by Crippen LogP contribution is 2.30. The summed E-state index contributed by atoms with van der Waals surface area (Å²) in [4.78, 5) is 19.9. The summed E-state index contributed by atoms with van der Waals surface area (Å²) in [6.45, 7) is 7.48. The number of carbonyl (C=O) groups excluding carboxylic acids is 1. The number of fused-ring (bicyclic) bond motifs is 1. The van der Waals surface area contributed by atoms with E-state index >= 15 is 0 Å². The Morgan fingerprint density at radius 2 is 1.81 bits per heavy atom. The number of nitrogens with zero attached hydrogens (tertiary/aromatic N) is 4. The van der Waals surface area contributed by atoms with Gasteiger partial charge in [0.05, 0.1) is 41.6 Å². The fraction of sp³-hybridized carbons (Fsp3) is 0.515. The van der Waals surface area contributed by atoms with Crippen LogP contribution in [0.25, 0.3) is 0 Å². The van der Waals surface area contributed by atoms with Crippen molar-refractivity contribution >= 4 is 31.6 Å². The predicted molar refractivity (Wildman–Crippen MR) is 182 cm³/mol. The third-order valence-electron chi connectivity index (χ3n) is 8.43. The lowest BCUT2D eigenvalue weighted by Gasteiger charge is -2.35. The summed E-state index contributed by atoms with van der Waals surface area (Å²) < 4.78 is 70.9. The number of aromatic nitrogens is 2. The molecule has 1 aliphatic heterocycles. The maximum atomic E-state index is 14.4. The first kappa shape index (κ1) is 37.3. The molecule has 0 bridgehead atoms. The monoisotopic (exact) mass is 705 g/mol. The van der Waals surface area contributed by atoms with E-state index in [4.69, 9.17) is 9.47 Å². The van der Waals surface area contributed by atoms with Crippen molar-refractivity contribution in [2.75, 3.05) is 38.1 Å². The Hall–Kier alpha value is -3.50. The molecule has 0 radical (unpaired) electrons. The van der Waals surface area contributed by atoms with E-state index in [1.165, 1.54) is 47.0 Å². The van der Waals surface area contributed by atoms with Crippen LogP contribution >= 0.6 is 0 Å². The molecule has 0 spiro atoms. The minimum atomic E-state index is -3.96. The first-order chi connectivity index (χ1) is 22.6. The van der Waals surface area contributed by atoms with Crippen LogP contribution in [0.15, 0.2) is 64.9 Å². The normalized spacial score (nSPS) is 20.9. The Morgan fingerprint density at radius 3 is 2.46 bits per heavy atom. The maximum absolute atomic E-state index is 14.4. The standard InChI is InChI=1S/C33H47N5O8S2/c1-23-10-13-28(14-11-23)47(41,42)35-27-12-15-30-29(17-27)33(40)38(25(3)21-39)18-24(2)31(45-16-8-7-9-26(4)46-30)19-37(6)48(43,44)32-20-36(5)22-34-32/h10-15,17,20,22,24-26,31,35,39H,7-9,16,18-19,21H2,1-6H3/t24-,25-,26-,31+/m1/s1. The summed E-state index contributed by atoms with van der Waals surface area (Å²) >= 11 is 0. The number of hydrogen-bond donors (Lipinski definition) is 2. The molecule has 264 valence electrons. The zero-order chi connectivity index (χ0) is 35.2. The highest BCUT2D eigenvalue weighted by molar-refractivity contribution is 7.92. The van der Waals surface area contributed by atoms with Gasteiger partial charge in [-0.3, -0.25) is 9.52 Å². The summed E-state index contributed by atoms with van der Waals surface area (Å²) in [5.74, 6) is -0.564. The Bertz CT molecular complexity index is 1760. The number of rotatable bonds is 9. The predicted octanol–water partition coefficient (Wildman–Crippen LogP) is 3.65. The number of aryl methyl sites for hydroxylation is 2. The minimum absolute atomic E-state index is 0.0106. The van der Waals surface area contributed by atoms with Crippen LogP contribution in [0, 0.1) is 12.8 Å². The van der Waals surface area contributed by atoms with Crippen molar-refractivity contribution in [2.45, 2.75) is 75.1 Å². The van der Waals surface area contributed by atoms with E-state index in [1.807, 2.05) is 20.8 Å². The Labute approximate surface area is 284 Å². The lowest BCUT2D eigenvalue weighted by atomic mass is 10.0. The summed E-state index contributed by atoms with van der Waals surface area (Å²) in [7, 11) is -4.71. The second-order valence-corrected chi connectivity index (χ2v) is 16.3. The van der Waals surface area contributed by atoms with Crippen molar-refractivity contribution in [1.29, 1.82) is 0 Å². The molecule has 0 saturated heterocycles. The molecule has 0 fully saturated rings. The number of aliphatic hydroxyl groups is 1. The summed E-state index contributed by atoms with van der Waals surface area (Å²) in [6, 6.07) is 10.4. The average molecular weight is 706 g/mol. The van der Waals surface area contributed by atoms with E-state index in [0.29, 0.717) is 25.2 Å². The fourth-order valence-corrected chi connectivity index (χ4v) is 7.61. The van der Waals surface area contributed by atoms with Gasteiger partial charge >= 0.3 is 0 Å². The third kappa shape index (κ3) is 9.14. The van der Waals surface area contributed by atoms with Crippen LogP contribution in [-0.2, 0) is 31.8 Å². The minimum Gasteiger partial charge on any atom is -0.490 e. The molecule has 13 nitrogen and oxygen atoms in total. The molecule has 4 rings (SSSR count). The second kappa shape index (κ2) is 15.8. The van der Waals surface area contributed by atoms with E-state index in [2.05, 4.69) is 9.71 Å². The largest absolute Gasteiger partial charge is 0.490 e. The van der Waals surface area contributed by atoms with E-state index < -0.39 is 38.1 Å². The van der Waals surface area contributed by atoms with Crippen molar-refractivity contribution in [2.24, 2.45) is 13.0 Å². The molecule has 4 atom stereocenters. The Kier molecular flexibility index (Phi) is 12.3. The Morgan fingerprint density at radius 1 is 1.10 bits per heavy atom. The topological polar surface area (TPSA) is 160 Å². The van der Waals surface area contributed by atoms with Gasteiger partial charge in [-0.15, -0.1) is 0 Å². The lowest BCUT2D eigenvalue weighted by Crippen LogP contribution is -2.48. The molecule has 2 heterocycles. The van der Waals surface area contributed by atoms with Crippen LogP contribution in [-0.4, -0.2) is 98.2 Å². The molecule has 1 aromatic heterocycles. The number of benzene rings is 2. The van der Waals surface area contributed by atoms with Gasteiger partial charge in [-0.2, -0.15) is 4.31 Å². The number of ether oxygens (including phenoxy) is 2. The smallest absolute Gasteiger partial charge is 0.261 e. The molecular formula is C33H47N5O8S2. The SMILES string of the molecule is Cc1ccc(S(=O)(=O)Nc2ccc3c(c2)C(=O)N([C@H](C)CO)C[C@@H](C)[C@H](CN(C)S(=O)(=O)c2cn(C)cn2)OCCCC[C@@H](C)O3)cc1. The number of carbonyl (C=O) groups is 1. The zero-order valence-electron chi connectivity index (χ0n) is 28.4. The van der Waals surface area contributed by atoms with Gasteiger partial charge in [0.25, 0.3) is 26.0 Å². The van der Waals surface area contributed by atoms with Gasteiger partial charge in [0.1, 0.15) is 5.75 Å². The number of amides is 1. The van der Waals surface area contributed by atoms with Gasteiger partial charge in [-0.1, -0.05) is 24.6 Å². The quantitative estimate of drug-likeness (QED) is 0.339. The van der Waals surface area contributed by atoms with Crippen molar-refractivity contribution in [3.8, 4) is 5.75 Å². The molecule has 0 unspecified atom stereocenters. The van der Waals surface area contributed by atoms with Crippen molar-refractivity contribution in [3.05, 3.63) is 66.1 Å². The number of anilines is 1. The van der Waals surface area contributed by atoms with Gasteiger partial charge in [0.2, 0.25) is 0 Å². The highest BCUT2D eigenvalue weighted by atomic mass is 32.2. The molecule has 3 aromatic rings. The summed E-state index contributed by atoms with van der Waals surface area (Å²) in [6.07, 6.45) is 4.10. The molecule has 2 aromatic carbocycles. The molecule has 2 N–H and O–H groups in total. The molecule has 0 aliphatic carbocycles. The number of sulfonamides is 2. The Balaban J connectivity index is 1.68. The van der Waals surface area contributed by atoms with Gasteiger partial charge < -0.3 is 24.0 Å². The van der Waals surface area contributed by atoms with Gasteiger partial charge in [0, 0.05) is 51.6 Å². The first-order valence-electron chi connectivity index (χ1n) is 16.0. The van der Waals surface area contributed by atoms with Crippen molar-refractivity contribution in [3.63, 3.8) is 0 Å². The van der Waals surface area contributed by atoms with Crippen LogP contribution in [0.1, 0.15) is 56.0 Å². The van der Waals surface area contributed by atoms with Crippen LogP contribution in [0.4, 0.5) is 5.69 Å². The van der Waals surface area contributed by atoms with Crippen LogP contribution in [0.3, 0.4) is 0 Å². The number of imidazole rings is 1. The summed E-state index contributed by atoms with van der Waals surface area (Å²) in [5.41, 5.74) is 1.22. The van der Waals surface area contributed by atoms with Gasteiger partial charge in [-0.05, 0) is 70.4 Å². The number of hydrogen-bond acceptors (Lipinski definition) is 9. The highest BCUT2D eigenvalue weighted by Gasteiger charge is 2.33. The fourth-order valence-electron chi connectivity index (χ4n) is 5.41. The molecule has 1 aliphatic rings. The molecule has 48 heavy (non-hydrogen) atoms. The van der Waals surface area contributed by atoms with Crippen LogP contribution in [0.2, 0.25) is 0 Å². The first-order valence-corrected chi connectivity index (χ1v) is 18.9. The van der Waals surface area contributed by atoms with Crippen molar-refractivity contribution in [1.82, 2.24) is 18.8 Å².